The van der Waals surface area contributed by atoms with Crippen molar-refractivity contribution in [1.29, 1.82) is 0 Å². The second-order valence-electron chi connectivity index (χ2n) is 4.99. The van der Waals surface area contributed by atoms with E-state index in [4.69, 9.17) is 0 Å². The zero-order valence-electron chi connectivity index (χ0n) is 12.4. The van der Waals surface area contributed by atoms with E-state index in [0.29, 0.717) is 18.6 Å². The van der Waals surface area contributed by atoms with E-state index >= 15 is 0 Å². The van der Waals surface area contributed by atoms with Crippen LogP contribution in [0.15, 0.2) is 41.5 Å². The second-order valence-corrected chi connectivity index (χ2v) is 4.99. The summed E-state index contributed by atoms with van der Waals surface area (Å²) in [6.07, 6.45) is 3.40. The fourth-order valence-corrected chi connectivity index (χ4v) is 2.30. The molecule has 0 spiro atoms. The Morgan fingerprint density at radius 2 is 2.22 bits per heavy atom. The molecule has 0 aliphatic heterocycles. The van der Waals surface area contributed by atoms with Crippen molar-refractivity contribution in [2.45, 2.75) is 6.54 Å². The van der Waals surface area contributed by atoms with E-state index < -0.39 is 17.2 Å². The maximum Gasteiger partial charge on any atom is 0.275 e. The van der Waals surface area contributed by atoms with Crippen LogP contribution in [0.25, 0.3) is 10.9 Å². The van der Waals surface area contributed by atoms with Crippen molar-refractivity contribution in [1.82, 2.24) is 24.9 Å². The molecule has 0 atom stereocenters. The molecular weight excluding hydrogens is 301 g/mol. The molecule has 0 aliphatic carbocycles. The molecule has 0 saturated heterocycles. The number of nitrogens with one attached hydrogen (secondary N) is 1. The van der Waals surface area contributed by atoms with Crippen molar-refractivity contribution < 1.29 is 9.18 Å². The Hall–Kier alpha value is -3.03. The first-order valence-corrected chi connectivity index (χ1v) is 6.98. The van der Waals surface area contributed by atoms with E-state index in [0.717, 1.165) is 6.07 Å². The second kappa shape index (κ2) is 5.99. The zero-order chi connectivity index (χ0) is 16.4. The Morgan fingerprint density at radius 1 is 1.39 bits per heavy atom. The van der Waals surface area contributed by atoms with E-state index in [1.54, 1.807) is 30.2 Å². The SMILES string of the molecule is Cn1nc(C(=O)NCCn2cccn2)c(=O)c2cc(F)ccc21. The number of benzene rings is 1. The maximum absolute atomic E-state index is 13.4. The number of nitrogens with zero attached hydrogens (tertiary/aromatic N) is 4. The number of hydrogen-bond acceptors (Lipinski definition) is 4. The minimum atomic E-state index is -0.594. The molecule has 8 heteroatoms. The number of carbonyl (C=O) groups is 1. The summed E-state index contributed by atoms with van der Waals surface area (Å²) in [5.41, 5.74) is -0.384. The molecule has 23 heavy (non-hydrogen) atoms. The molecule has 1 amide bonds. The number of aromatic nitrogens is 4. The Balaban J connectivity index is 1.85. The molecule has 1 aromatic carbocycles. The van der Waals surface area contributed by atoms with Gasteiger partial charge in [0.15, 0.2) is 5.69 Å². The lowest BCUT2D eigenvalue weighted by Crippen LogP contribution is -2.33. The first kappa shape index (κ1) is 14.9. The summed E-state index contributed by atoms with van der Waals surface area (Å²) >= 11 is 0. The number of aryl methyl sites for hydroxylation is 1. The van der Waals surface area contributed by atoms with Crippen LogP contribution in [-0.2, 0) is 13.6 Å². The third-order valence-electron chi connectivity index (χ3n) is 3.42. The molecule has 118 valence electrons. The molecule has 0 saturated carbocycles. The molecule has 7 nitrogen and oxygen atoms in total. The van der Waals surface area contributed by atoms with Crippen LogP contribution in [0.2, 0.25) is 0 Å². The standard InChI is InChI=1S/C15H14FN5O2/c1-20-12-4-3-10(16)9-11(12)14(22)13(19-20)15(23)17-6-8-21-7-2-5-18-21/h2-5,7,9H,6,8H2,1H3,(H,17,23). The molecule has 1 N–H and O–H groups in total. The van der Waals surface area contributed by atoms with Crippen molar-refractivity contribution in [3.8, 4) is 0 Å². The minimum absolute atomic E-state index is 0.125. The van der Waals surface area contributed by atoms with Gasteiger partial charge in [-0.15, -0.1) is 0 Å². The highest BCUT2D eigenvalue weighted by atomic mass is 19.1. The van der Waals surface area contributed by atoms with E-state index in [9.17, 15) is 14.0 Å². The highest BCUT2D eigenvalue weighted by Crippen LogP contribution is 2.10. The summed E-state index contributed by atoms with van der Waals surface area (Å²) in [7, 11) is 1.60. The highest BCUT2D eigenvalue weighted by Gasteiger charge is 2.16. The summed E-state index contributed by atoms with van der Waals surface area (Å²) in [4.78, 5) is 24.5. The van der Waals surface area contributed by atoms with Gasteiger partial charge >= 0.3 is 0 Å². The molecule has 2 aromatic heterocycles. The van der Waals surface area contributed by atoms with Gasteiger partial charge < -0.3 is 5.32 Å². The lowest BCUT2D eigenvalue weighted by molar-refractivity contribution is 0.0944. The van der Waals surface area contributed by atoms with Crippen LogP contribution in [0.5, 0.6) is 0 Å². The summed E-state index contributed by atoms with van der Waals surface area (Å²) in [5.74, 6) is -1.13. The van der Waals surface area contributed by atoms with Gasteiger partial charge in [-0.2, -0.15) is 10.2 Å². The lowest BCUT2D eigenvalue weighted by Gasteiger charge is -2.08. The average molecular weight is 315 g/mol. The number of amides is 1. The quantitative estimate of drug-likeness (QED) is 0.768. The zero-order valence-corrected chi connectivity index (χ0v) is 12.4. The minimum Gasteiger partial charge on any atom is -0.349 e. The average Bonchev–Trinajstić information content (AvgIpc) is 3.04. The summed E-state index contributed by atoms with van der Waals surface area (Å²) in [6, 6.07) is 5.59. The molecule has 3 rings (SSSR count). The van der Waals surface area contributed by atoms with Crippen molar-refractivity contribution in [3.63, 3.8) is 0 Å². The van der Waals surface area contributed by atoms with Gasteiger partial charge in [-0.25, -0.2) is 4.39 Å². The third-order valence-corrected chi connectivity index (χ3v) is 3.42. The summed E-state index contributed by atoms with van der Waals surface area (Å²) in [5, 5.41) is 10.7. The topological polar surface area (TPSA) is 81.8 Å². The Kier molecular flexibility index (Phi) is 3.88. The van der Waals surface area contributed by atoms with E-state index in [1.807, 2.05) is 0 Å². The lowest BCUT2D eigenvalue weighted by atomic mass is 10.2. The normalized spacial score (nSPS) is 10.9. The van der Waals surface area contributed by atoms with Crippen LogP contribution in [0, 0.1) is 5.82 Å². The van der Waals surface area contributed by atoms with Crippen LogP contribution < -0.4 is 10.7 Å². The molecule has 2 heterocycles. The van der Waals surface area contributed by atoms with Crippen molar-refractivity contribution in [2.75, 3.05) is 6.54 Å². The predicted molar refractivity (Wildman–Crippen MR) is 81.5 cm³/mol. The largest absolute Gasteiger partial charge is 0.349 e. The Bertz CT molecular complexity index is 918. The first-order chi connectivity index (χ1) is 11.1. The van der Waals surface area contributed by atoms with Gasteiger partial charge in [0.2, 0.25) is 5.43 Å². The van der Waals surface area contributed by atoms with Gasteiger partial charge in [0.25, 0.3) is 5.91 Å². The molecule has 0 unspecified atom stereocenters. The number of halogens is 1. The fourth-order valence-electron chi connectivity index (χ4n) is 2.30. The number of hydrogen-bond donors (Lipinski definition) is 1. The third kappa shape index (κ3) is 2.96. The van der Waals surface area contributed by atoms with Crippen molar-refractivity contribution in [3.05, 3.63) is 58.4 Å². The number of carbonyl (C=O) groups excluding carboxylic acids is 1. The Labute approximate surface area is 130 Å². The Morgan fingerprint density at radius 3 is 2.96 bits per heavy atom. The summed E-state index contributed by atoms with van der Waals surface area (Å²) < 4.78 is 16.4. The van der Waals surface area contributed by atoms with Crippen LogP contribution in [0.3, 0.4) is 0 Å². The highest BCUT2D eigenvalue weighted by molar-refractivity contribution is 5.95. The molecule has 0 radical (unpaired) electrons. The van der Waals surface area contributed by atoms with Crippen molar-refractivity contribution >= 4 is 16.8 Å². The summed E-state index contributed by atoms with van der Waals surface area (Å²) in [6.45, 7) is 0.772. The van der Waals surface area contributed by atoms with E-state index in [2.05, 4.69) is 15.5 Å². The van der Waals surface area contributed by atoms with Gasteiger partial charge in [-0.05, 0) is 24.3 Å². The van der Waals surface area contributed by atoms with Crippen LogP contribution in [-0.4, -0.2) is 32.0 Å². The van der Waals surface area contributed by atoms with Gasteiger partial charge in [0, 0.05) is 26.0 Å². The van der Waals surface area contributed by atoms with Gasteiger partial charge in [0.05, 0.1) is 17.4 Å². The van der Waals surface area contributed by atoms with Gasteiger partial charge in [-0.1, -0.05) is 0 Å². The fraction of sp³-hybridized carbons (Fsp3) is 0.200. The first-order valence-electron chi connectivity index (χ1n) is 6.98. The smallest absolute Gasteiger partial charge is 0.275 e. The van der Waals surface area contributed by atoms with Crippen molar-refractivity contribution in [2.24, 2.45) is 7.05 Å². The van der Waals surface area contributed by atoms with E-state index in [1.165, 1.54) is 16.8 Å². The molecule has 0 fully saturated rings. The van der Waals surface area contributed by atoms with Crippen LogP contribution in [0.1, 0.15) is 10.5 Å². The van der Waals surface area contributed by atoms with E-state index in [-0.39, 0.29) is 11.1 Å². The monoisotopic (exact) mass is 315 g/mol. The molecule has 3 aromatic rings. The number of rotatable bonds is 4. The predicted octanol–water partition coefficient (Wildman–Crippen LogP) is 0.699. The van der Waals surface area contributed by atoms with Crippen LogP contribution in [0.4, 0.5) is 4.39 Å². The van der Waals surface area contributed by atoms with Gasteiger partial charge in [-0.3, -0.25) is 19.0 Å². The maximum atomic E-state index is 13.4. The van der Waals surface area contributed by atoms with Gasteiger partial charge in [0.1, 0.15) is 5.82 Å². The molecule has 0 bridgehead atoms. The number of fused-ring (bicyclic) bond motifs is 1. The molecular formula is C15H14FN5O2. The molecule has 0 aliphatic rings. The van der Waals surface area contributed by atoms with Crippen LogP contribution >= 0.6 is 0 Å².